The van der Waals surface area contributed by atoms with Crippen molar-refractivity contribution < 1.29 is 14.6 Å². The zero-order chi connectivity index (χ0) is 18.0. The van der Waals surface area contributed by atoms with Crippen LogP contribution in [-0.2, 0) is 4.74 Å². The minimum atomic E-state index is -0.299. The summed E-state index contributed by atoms with van der Waals surface area (Å²) in [4.78, 5) is 15.1. The molecule has 0 aromatic rings. The van der Waals surface area contributed by atoms with E-state index in [1.54, 1.807) is 0 Å². The Balaban J connectivity index is 0.00000312. The third-order valence-corrected chi connectivity index (χ3v) is 6.28. The van der Waals surface area contributed by atoms with E-state index in [1.165, 1.54) is 12.8 Å². The van der Waals surface area contributed by atoms with Gasteiger partial charge in [-0.25, -0.2) is 4.79 Å². The van der Waals surface area contributed by atoms with E-state index in [-0.39, 0.29) is 47.7 Å². The number of halogens is 1. The Morgan fingerprint density at radius 2 is 2.00 bits per heavy atom. The number of hydrogen-bond acceptors (Lipinski definition) is 3. The molecule has 2 heterocycles. The lowest BCUT2D eigenvalue weighted by molar-refractivity contribution is -0.0720. The van der Waals surface area contributed by atoms with E-state index in [1.807, 2.05) is 4.90 Å². The second-order valence-corrected chi connectivity index (χ2v) is 8.85. The Labute approximate surface area is 160 Å². The molecule has 2 rings (SSSR count). The lowest BCUT2D eigenvalue weighted by Crippen LogP contribution is -2.62. The first-order chi connectivity index (χ1) is 11.2. The molecule has 4 atom stereocenters. The van der Waals surface area contributed by atoms with Crippen LogP contribution in [0.3, 0.4) is 0 Å². The number of hydrogen-bond donors (Lipinski definition) is 1. The van der Waals surface area contributed by atoms with Crippen LogP contribution in [0.2, 0.25) is 0 Å². The summed E-state index contributed by atoms with van der Waals surface area (Å²) in [5.41, 5.74) is -0.333. The Bertz CT molecular complexity index is 437. The van der Waals surface area contributed by atoms with Crippen LogP contribution in [0.4, 0.5) is 4.79 Å². The maximum atomic E-state index is 13.0. The largest absolute Gasteiger partial charge is 0.446 e. The molecule has 0 saturated carbocycles. The first kappa shape index (κ1) is 22.6. The summed E-state index contributed by atoms with van der Waals surface area (Å²) < 4.78 is 5.93. The fourth-order valence-electron chi connectivity index (χ4n) is 4.75. The average molecular weight is 376 g/mol. The van der Waals surface area contributed by atoms with Crippen molar-refractivity contribution in [3.63, 3.8) is 0 Å². The molecule has 0 radical (unpaired) electrons. The highest BCUT2D eigenvalue weighted by molar-refractivity contribution is 5.85. The van der Waals surface area contributed by atoms with Crippen LogP contribution in [0.25, 0.3) is 0 Å². The van der Waals surface area contributed by atoms with Gasteiger partial charge in [0.1, 0.15) is 6.10 Å². The normalized spacial score (nSPS) is 29.9. The Hall–Kier alpha value is -0.480. The monoisotopic (exact) mass is 375 g/mol. The van der Waals surface area contributed by atoms with Crippen LogP contribution in [0.5, 0.6) is 0 Å². The standard InChI is InChI=1S/C20H37NO3.ClH/c1-6-8-9-10-17(7-2)24-18(23)21-15-11-12-20(21,19(3,4)5)14-16(22)13-15;/h15-17,22H,6-14H2,1-5H3;1H. The molecule has 5 heteroatoms. The van der Waals surface area contributed by atoms with Crippen molar-refractivity contribution in [1.82, 2.24) is 4.90 Å². The minimum Gasteiger partial charge on any atom is -0.446 e. The highest BCUT2D eigenvalue weighted by atomic mass is 35.5. The predicted octanol–water partition coefficient (Wildman–Crippen LogP) is 5.31. The number of aliphatic hydroxyl groups excluding tert-OH is 1. The van der Waals surface area contributed by atoms with E-state index in [9.17, 15) is 9.90 Å². The van der Waals surface area contributed by atoms with Gasteiger partial charge in [-0.15, -0.1) is 12.4 Å². The van der Waals surface area contributed by atoms with Gasteiger partial charge >= 0.3 is 6.09 Å². The molecule has 2 aliphatic heterocycles. The van der Waals surface area contributed by atoms with Gasteiger partial charge in [-0.2, -0.15) is 0 Å². The van der Waals surface area contributed by atoms with Crippen LogP contribution in [0.15, 0.2) is 0 Å². The van der Waals surface area contributed by atoms with E-state index in [4.69, 9.17) is 4.74 Å². The number of rotatable bonds is 6. The number of carbonyl (C=O) groups excluding carboxylic acids is 1. The molecule has 25 heavy (non-hydrogen) atoms. The molecule has 2 saturated heterocycles. The number of nitrogens with zero attached hydrogens (tertiary/aromatic N) is 1. The molecule has 0 aromatic carbocycles. The molecule has 2 bridgehead atoms. The molecule has 2 fully saturated rings. The van der Waals surface area contributed by atoms with Gasteiger partial charge in [0.05, 0.1) is 11.6 Å². The Morgan fingerprint density at radius 1 is 1.32 bits per heavy atom. The van der Waals surface area contributed by atoms with Gasteiger partial charge in [-0.05, 0) is 50.4 Å². The van der Waals surface area contributed by atoms with E-state index in [0.717, 1.165) is 32.1 Å². The van der Waals surface area contributed by atoms with Gasteiger partial charge < -0.3 is 9.84 Å². The summed E-state index contributed by atoms with van der Waals surface area (Å²) in [7, 11) is 0. The third kappa shape index (κ3) is 4.63. The number of unbranched alkanes of at least 4 members (excludes halogenated alkanes) is 2. The molecule has 1 amide bonds. The third-order valence-electron chi connectivity index (χ3n) is 6.28. The zero-order valence-corrected chi connectivity index (χ0v) is 17.5. The van der Waals surface area contributed by atoms with Crippen molar-refractivity contribution in [3.8, 4) is 0 Å². The molecule has 0 aliphatic carbocycles. The summed E-state index contributed by atoms with van der Waals surface area (Å²) >= 11 is 0. The van der Waals surface area contributed by atoms with Crippen molar-refractivity contribution >= 4 is 18.5 Å². The van der Waals surface area contributed by atoms with Crippen LogP contribution in [-0.4, -0.2) is 39.9 Å². The van der Waals surface area contributed by atoms with E-state index >= 15 is 0 Å². The molecular formula is C20H38ClNO3. The molecule has 4 nitrogen and oxygen atoms in total. The van der Waals surface area contributed by atoms with E-state index in [2.05, 4.69) is 34.6 Å². The van der Waals surface area contributed by atoms with Crippen LogP contribution < -0.4 is 0 Å². The summed E-state index contributed by atoms with van der Waals surface area (Å²) in [6.07, 6.45) is 8.22. The van der Waals surface area contributed by atoms with Crippen molar-refractivity contribution in [2.75, 3.05) is 0 Å². The zero-order valence-electron chi connectivity index (χ0n) is 16.7. The van der Waals surface area contributed by atoms with Crippen molar-refractivity contribution in [1.29, 1.82) is 0 Å². The number of aliphatic hydroxyl groups is 1. The maximum absolute atomic E-state index is 13.0. The predicted molar refractivity (Wildman–Crippen MR) is 104 cm³/mol. The molecule has 0 spiro atoms. The van der Waals surface area contributed by atoms with Gasteiger partial charge in [0, 0.05) is 6.04 Å². The molecular weight excluding hydrogens is 338 g/mol. The number of carbonyl (C=O) groups is 1. The Kier molecular flexibility index (Phi) is 8.07. The number of amides is 1. The topological polar surface area (TPSA) is 49.8 Å². The fraction of sp³-hybridized carbons (Fsp3) is 0.950. The van der Waals surface area contributed by atoms with Gasteiger partial charge in [0.2, 0.25) is 0 Å². The summed E-state index contributed by atoms with van der Waals surface area (Å²) in [5.74, 6) is 0. The second kappa shape index (κ2) is 8.94. The van der Waals surface area contributed by atoms with Crippen molar-refractivity contribution in [2.24, 2.45) is 5.41 Å². The molecule has 0 aromatic heterocycles. The van der Waals surface area contributed by atoms with Gasteiger partial charge in [0.15, 0.2) is 0 Å². The lowest BCUT2D eigenvalue weighted by Gasteiger charge is -2.53. The lowest BCUT2D eigenvalue weighted by atomic mass is 9.68. The summed E-state index contributed by atoms with van der Waals surface area (Å²) in [6, 6.07) is 0.133. The molecule has 1 N–H and O–H groups in total. The van der Waals surface area contributed by atoms with Crippen LogP contribution in [0, 0.1) is 5.41 Å². The maximum Gasteiger partial charge on any atom is 0.410 e. The van der Waals surface area contributed by atoms with Crippen molar-refractivity contribution in [3.05, 3.63) is 0 Å². The molecule has 4 unspecified atom stereocenters. The SMILES string of the molecule is CCCCCC(CC)OC(=O)N1C2CCC1(C(C)(C)C)CC(O)C2.Cl. The highest BCUT2D eigenvalue weighted by Crippen LogP contribution is 2.53. The number of fused-ring (bicyclic) bond motifs is 2. The second-order valence-electron chi connectivity index (χ2n) is 8.85. The van der Waals surface area contributed by atoms with Crippen LogP contribution in [0.1, 0.15) is 92.4 Å². The van der Waals surface area contributed by atoms with Crippen molar-refractivity contribution in [2.45, 2.75) is 116 Å². The average Bonchev–Trinajstić information content (AvgIpc) is 2.75. The van der Waals surface area contributed by atoms with E-state index < -0.39 is 0 Å². The van der Waals surface area contributed by atoms with Gasteiger partial charge in [-0.3, -0.25) is 4.90 Å². The van der Waals surface area contributed by atoms with E-state index in [0.29, 0.717) is 12.8 Å². The Morgan fingerprint density at radius 3 is 2.56 bits per heavy atom. The minimum absolute atomic E-state index is 0. The highest BCUT2D eigenvalue weighted by Gasteiger charge is 2.59. The summed E-state index contributed by atoms with van der Waals surface area (Å²) in [6.45, 7) is 10.8. The van der Waals surface area contributed by atoms with Gasteiger partial charge in [-0.1, -0.05) is 47.5 Å². The smallest absolute Gasteiger partial charge is 0.410 e. The fourth-order valence-corrected chi connectivity index (χ4v) is 4.75. The number of ether oxygens (including phenoxy) is 1. The first-order valence-corrected chi connectivity index (χ1v) is 9.93. The first-order valence-electron chi connectivity index (χ1n) is 9.93. The quantitative estimate of drug-likeness (QED) is 0.640. The van der Waals surface area contributed by atoms with Crippen LogP contribution >= 0.6 is 12.4 Å². The number of piperidine rings is 1. The molecule has 2 aliphatic rings. The molecule has 148 valence electrons. The van der Waals surface area contributed by atoms with Gasteiger partial charge in [0.25, 0.3) is 0 Å². The summed E-state index contributed by atoms with van der Waals surface area (Å²) in [5, 5.41) is 10.3.